The summed E-state index contributed by atoms with van der Waals surface area (Å²) in [5.74, 6) is 0.597. The third-order valence-corrected chi connectivity index (χ3v) is 3.55. The molecule has 0 saturated heterocycles. The molecule has 6 heteroatoms. The number of carbonyl (C=O) groups excluding carboxylic acids is 1. The van der Waals surface area contributed by atoms with Crippen molar-refractivity contribution in [1.29, 1.82) is 5.26 Å². The first-order valence-corrected chi connectivity index (χ1v) is 7.33. The van der Waals surface area contributed by atoms with Crippen LogP contribution in [0.4, 0.5) is 0 Å². The molecule has 1 heterocycles. The second kappa shape index (κ2) is 7.14. The van der Waals surface area contributed by atoms with Gasteiger partial charge in [-0.1, -0.05) is 29.3 Å². The molecule has 0 aliphatic carbocycles. The van der Waals surface area contributed by atoms with Gasteiger partial charge in [0.1, 0.15) is 11.6 Å². The highest BCUT2D eigenvalue weighted by molar-refractivity contribution is 9.10. The lowest BCUT2D eigenvalue weighted by atomic mass is 10.1. The first-order chi connectivity index (χ1) is 10.2. The van der Waals surface area contributed by atoms with E-state index in [9.17, 15) is 4.79 Å². The minimum absolute atomic E-state index is 0.0503. The SMILES string of the molecule is CCCCOC(=O)/C(C#N)=C/c1cc2c(cc1Br)OCO2. The summed E-state index contributed by atoms with van der Waals surface area (Å²) < 4.78 is 16.3. The fraction of sp³-hybridized carbons (Fsp3) is 0.333. The number of hydrogen-bond acceptors (Lipinski definition) is 5. The minimum atomic E-state index is -0.615. The quantitative estimate of drug-likeness (QED) is 0.352. The van der Waals surface area contributed by atoms with Crippen LogP contribution in [0.5, 0.6) is 11.5 Å². The summed E-state index contributed by atoms with van der Waals surface area (Å²) >= 11 is 3.38. The molecule has 0 amide bonds. The van der Waals surface area contributed by atoms with Crippen LogP contribution in [0.1, 0.15) is 25.3 Å². The summed E-state index contributed by atoms with van der Waals surface area (Å²) in [5, 5.41) is 9.11. The van der Waals surface area contributed by atoms with Crippen molar-refractivity contribution in [1.82, 2.24) is 0 Å². The third-order valence-electron chi connectivity index (χ3n) is 2.86. The lowest BCUT2D eigenvalue weighted by Gasteiger charge is -2.04. The topological polar surface area (TPSA) is 68.6 Å². The van der Waals surface area contributed by atoms with Crippen molar-refractivity contribution >= 4 is 28.0 Å². The Kier molecular flexibility index (Phi) is 5.23. The van der Waals surface area contributed by atoms with E-state index in [2.05, 4.69) is 15.9 Å². The van der Waals surface area contributed by atoms with Crippen molar-refractivity contribution in [2.24, 2.45) is 0 Å². The molecule has 110 valence electrons. The predicted molar refractivity (Wildman–Crippen MR) is 79.7 cm³/mol. The smallest absolute Gasteiger partial charge is 0.348 e. The van der Waals surface area contributed by atoms with Crippen LogP contribution in [0, 0.1) is 11.3 Å². The van der Waals surface area contributed by atoms with E-state index in [4.69, 9.17) is 19.5 Å². The Morgan fingerprint density at radius 2 is 2.19 bits per heavy atom. The van der Waals surface area contributed by atoms with Crippen LogP contribution >= 0.6 is 15.9 Å². The van der Waals surface area contributed by atoms with Gasteiger partial charge in [0.25, 0.3) is 0 Å². The molecular formula is C15H14BrNO4. The first-order valence-electron chi connectivity index (χ1n) is 6.53. The number of ether oxygens (including phenoxy) is 3. The Morgan fingerprint density at radius 3 is 2.86 bits per heavy atom. The molecule has 0 radical (unpaired) electrons. The van der Waals surface area contributed by atoms with Crippen LogP contribution in [0.3, 0.4) is 0 Å². The van der Waals surface area contributed by atoms with Crippen molar-refractivity contribution in [2.45, 2.75) is 19.8 Å². The normalized spacial score (nSPS) is 12.9. The second-order valence-corrected chi connectivity index (χ2v) is 5.24. The van der Waals surface area contributed by atoms with E-state index in [-0.39, 0.29) is 12.4 Å². The molecular weight excluding hydrogens is 338 g/mol. The molecule has 1 aliphatic rings. The van der Waals surface area contributed by atoms with E-state index >= 15 is 0 Å². The molecule has 0 N–H and O–H groups in total. The number of rotatable bonds is 5. The number of nitrogens with zero attached hydrogens (tertiary/aromatic N) is 1. The van der Waals surface area contributed by atoms with Gasteiger partial charge in [0, 0.05) is 4.47 Å². The average molecular weight is 352 g/mol. The summed E-state index contributed by atoms with van der Waals surface area (Å²) in [4.78, 5) is 11.8. The van der Waals surface area contributed by atoms with E-state index in [1.807, 2.05) is 13.0 Å². The van der Waals surface area contributed by atoms with Crippen molar-refractivity contribution in [2.75, 3.05) is 13.4 Å². The van der Waals surface area contributed by atoms with Crippen molar-refractivity contribution < 1.29 is 19.0 Å². The Balaban J connectivity index is 2.20. The molecule has 1 aromatic rings. The van der Waals surface area contributed by atoms with Crippen LogP contribution in [-0.2, 0) is 9.53 Å². The number of unbranched alkanes of at least 4 members (excludes halogenated alkanes) is 1. The molecule has 0 unspecified atom stereocenters. The summed E-state index contributed by atoms with van der Waals surface area (Å²) in [6, 6.07) is 5.32. The van der Waals surface area contributed by atoms with Gasteiger partial charge in [-0.3, -0.25) is 0 Å². The molecule has 0 aromatic heterocycles. The fourth-order valence-corrected chi connectivity index (χ4v) is 2.16. The van der Waals surface area contributed by atoms with Crippen LogP contribution < -0.4 is 9.47 Å². The van der Waals surface area contributed by atoms with Crippen molar-refractivity contribution in [3.05, 3.63) is 27.7 Å². The van der Waals surface area contributed by atoms with Crippen molar-refractivity contribution in [3.8, 4) is 17.6 Å². The third kappa shape index (κ3) is 3.76. The van der Waals surface area contributed by atoms with Crippen LogP contribution in [0.25, 0.3) is 6.08 Å². The van der Waals surface area contributed by atoms with Gasteiger partial charge in [0.05, 0.1) is 6.61 Å². The van der Waals surface area contributed by atoms with Gasteiger partial charge in [-0.05, 0) is 30.2 Å². The zero-order chi connectivity index (χ0) is 15.2. The average Bonchev–Trinajstić information content (AvgIpc) is 2.91. The maximum atomic E-state index is 11.8. The molecule has 0 saturated carbocycles. The summed E-state index contributed by atoms with van der Waals surface area (Å²) in [7, 11) is 0. The first kappa shape index (κ1) is 15.4. The van der Waals surface area contributed by atoms with E-state index in [0.29, 0.717) is 28.1 Å². The van der Waals surface area contributed by atoms with Crippen molar-refractivity contribution in [3.63, 3.8) is 0 Å². The molecule has 1 aromatic carbocycles. The molecule has 0 fully saturated rings. The zero-order valence-electron chi connectivity index (χ0n) is 11.5. The molecule has 21 heavy (non-hydrogen) atoms. The second-order valence-electron chi connectivity index (χ2n) is 4.39. The van der Waals surface area contributed by atoms with Gasteiger partial charge in [0.15, 0.2) is 11.5 Å². The highest BCUT2D eigenvalue weighted by Gasteiger charge is 2.17. The Bertz CT molecular complexity index is 619. The Morgan fingerprint density at radius 1 is 1.48 bits per heavy atom. The molecule has 0 spiro atoms. The highest BCUT2D eigenvalue weighted by Crippen LogP contribution is 2.37. The van der Waals surface area contributed by atoms with Crippen LogP contribution in [-0.4, -0.2) is 19.4 Å². The largest absolute Gasteiger partial charge is 0.462 e. The van der Waals surface area contributed by atoms with E-state index in [1.54, 1.807) is 12.1 Å². The van der Waals surface area contributed by atoms with Gasteiger partial charge >= 0.3 is 5.97 Å². The van der Waals surface area contributed by atoms with E-state index in [1.165, 1.54) is 6.08 Å². The summed E-state index contributed by atoms with van der Waals surface area (Å²) in [5.41, 5.74) is 0.605. The lowest BCUT2D eigenvalue weighted by Crippen LogP contribution is -2.07. The van der Waals surface area contributed by atoms with Gasteiger partial charge < -0.3 is 14.2 Å². The monoisotopic (exact) mass is 351 g/mol. The van der Waals surface area contributed by atoms with Gasteiger partial charge in [-0.25, -0.2) is 4.79 Å². The van der Waals surface area contributed by atoms with Crippen LogP contribution in [0.15, 0.2) is 22.2 Å². The van der Waals surface area contributed by atoms with Crippen LogP contribution in [0.2, 0.25) is 0 Å². The van der Waals surface area contributed by atoms with E-state index in [0.717, 1.165) is 12.8 Å². The molecule has 0 bridgehead atoms. The number of halogens is 1. The van der Waals surface area contributed by atoms with Gasteiger partial charge in [-0.15, -0.1) is 0 Å². The maximum absolute atomic E-state index is 11.8. The molecule has 2 rings (SSSR count). The number of esters is 1. The maximum Gasteiger partial charge on any atom is 0.348 e. The highest BCUT2D eigenvalue weighted by atomic mass is 79.9. The van der Waals surface area contributed by atoms with Gasteiger partial charge in [-0.2, -0.15) is 5.26 Å². The van der Waals surface area contributed by atoms with E-state index < -0.39 is 5.97 Å². The number of fused-ring (bicyclic) bond motifs is 1. The lowest BCUT2D eigenvalue weighted by molar-refractivity contribution is -0.138. The minimum Gasteiger partial charge on any atom is -0.462 e. The summed E-state index contributed by atoms with van der Waals surface area (Å²) in [6.07, 6.45) is 3.17. The number of hydrogen-bond donors (Lipinski definition) is 0. The summed E-state index contributed by atoms with van der Waals surface area (Å²) in [6.45, 7) is 2.48. The Hall–Kier alpha value is -2.00. The zero-order valence-corrected chi connectivity index (χ0v) is 13.1. The fourth-order valence-electron chi connectivity index (χ4n) is 1.72. The standard InChI is InChI=1S/C15H14BrNO4/c1-2-3-4-19-15(18)11(8-17)5-10-6-13-14(7-12(10)16)21-9-20-13/h5-7H,2-4,9H2,1H3/b11-5+. The Labute approximate surface area is 131 Å². The number of carbonyl (C=O) groups is 1. The molecule has 0 atom stereocenters. The number of benzene rings is 1. The van der Waals surface area contributed by atoms with Gasteiger partial charge in [0.2, 0.25) is 6.79 Å². The molecule has 5 nitrogen and oxygen atoms in total. The predicted octanol–water partition coefficient (Wildman–Crippen LogP) is 3.43. The molecule has 1 aliphatic heterocycles. The number of nitriles is 1.